The van der Waals surface area contributed by atoms with Crippen molar-refractivity contribution in [2.75, 3.05) is 5.32 Å². The summed E-state index contributed by atoms with van der Waals surface area (Å²) < 4.78 is 2.16. The molecule has 0 aliphatic heterocycles. The van der Waals surface area contributed by atoms with Crippen LogP contribution in [0, 0.1) is 24.7 Å². The first-order valence-electron chi connectivity index (χ1n) is 9.82. The first-order valence-corrected chi connectivity index (χ1v) is 9.82. The highest BCUT2D eigenvalue weighted by molar-refractivity contribution is 5.91. The molecule has 3 aliphatic carbocycles. The lowest BCUT2D eigenvalue weighted by Crippen LogP contribution is -2.24. The highest BCUT2D eigenvalue weighted by Crippen LogP contribution is 2.49. The predicted octanol–water partition coefficient (Wildman–Crippen LogP) is 4.23. The van der Waals surface area contributed by atoms with Gasteiger partial charge in [0.25, 0.3) is 0 Å². The van der Waals surface area contributed by atoms with E-state index in [-0.39, 0.29) is 5.91 Å². The first kappa shape index (κ1) is 15.4. The minimum absolute atomic E-state index is 0.130. The fourth-order valence-corrected chi connectivity index (χ4v) is 5.20. The monoisotopic (exact) mass is 338 g/mol. The van der Waals surface area contributed by atoms with Gasteiger partial charge in [-0.1, -0.05) is 6.42 Å². The minimum Gasteiger partial charge on any atom is -0.296 e. The van der Waals surface area contributed by atoms with Crippen molar-refractivity contribution in [2.45, 2.75) is 64.3 Å². The molecule has 0 radical (unpaired) electrons. The molecular weight excluding hydrogens is 312 g/mol. The van der Waals surface area contributed by atoms with Crippen LogP contribution >= 0.6 is 0 Å². The second-order valence-corrected chi connectivity index (χ2v) is 8.43. The number of nitrogens with zero attached hydrogens (tertiary/aromatic N) is 3. The Morgan fingerprint density at radius 1 is 1.28 bits per heavy atom. The Bertz CT molecular complexity index is 822. The van der Waals surface area contributed by atoms with E-state index in [1.807, 2.05) is 13.1 Å². The lowest BCUT2D eigenvalue weighted by Gasteiger charge is -2.28. The zero-order valence-corrected chi connectivity index (χ0v) is 14.9. The molecule has 5 rings (SSSR count). The summed E-state index contributed by atoms with van der Waals surface area (Å²) in [6.07, 6.45) is 11.4. The number of imidazole rings is 1. The second-order valence-electron chi connectivity index (χ2n) is 8.43. The van der Waals surface area contributed by atoms with Crippen molar-refractivity contribution in [3.8, 4) is 0 Å². The summed E-state index contributed by atoms with van der Waals surface area (Å²) in [5.41, 5.74) is 2.90. The summed E-state index contributed by atoms with van der Waals surface area (Å²) in [7, 11) is 0. The van der Waals surface area contributed by atoms with Crippen LogP contribution in [0.3, 0.4) is 0 Å². The molecule has 1 amide bonds. The third-order valence-electron chi connectivity index (χ3n) is 6.69. The molecule has 3 aliphatic rings. The van der Waals surface area contributed by atoms with Crippen LogP contribution in [-0.4, -0.2) is 20.4 Å². The van der Waals surface area contributed by atoms with E-state index >= 15 is 0 Å². The summed E-state index contributed by atoms with van der Waals surface area (Å²) in [6.45, 7) is 2.03. The number of carbonyl (C=O) groups is 1. The van der Waals surface area contributed by atoms with E-state index in [9.17, 15) is 4.79 Å². The van der Waals surface area contributed by atoms with Gasteiger partial charge in [0, 0.05) is 18.7 Å². The number of fused-ring (bicyclic) bond motifs is 3. The van der Waals surface area contributed by atoms with Crippen LogP contribution in [0.4, 0.5) is 5.95 Å². The molecule has 25 heavy (non-hydrogen) atoms. The van der Waals surface area contributed by atoms with Crippen LogP contribution in [0.1, 0.15) is 63.0 Å². The van der Waals surface area contributed by atoms with Crippen LogP contribution < -0.4 is 5.32 Å². The number of amides is 1. The number of hydrogen-bond donors (Lipinski definition) is 1. The number of aryl methyl sites for hydroxylation is 1. The third kappa shape index (κ3) is 2.64. The molecule has 3 fully saturated rings. The highest BCUT2D eigenvalue weighted by atomic mass is 16.1. The van der Waals surface area contributed by atoms with E-state index in [0.717, 1.165) is 41.4 Å². The van der Waals surface area contributed by atoms with Gasteiger partial charge in [-0.15, -0.1) is 0 Å². The standard InChI is InChI=1S/C20H26N4O/c1-12-7-17-19(21-11-12)24(16-3-2-4-16)20(22-17)23-18(25)10-15-9-13-5-6-14(15)8-13/h7,11,13-16H,2-6,8-10H2,1H3,(H,22,23,25). The minimum atomic E-state index is 0.130. The Hall–Kier alpha value is -1.91. The summed E-state index contributed by atoms with van der Waals surface area (Å²) >= 11 is 0. The van der Waals surface area contributed by atoms with Crippen LogP contribution in [0.5, 0.6) is 0 Å². The number of hydrogen-bond acceptors (Lipinski definition) is 3. The second kappa shape index (κ2) is 5.82. The molecule has 2 aromatic rings. The van der Waals surface area contributed by atoms with Crippen LogP contribution in [0.2, 0.25) is 0 Å². The van der Waals surface area contributed by atoms with E-state index in [0.29, 0.717) is 24.3 Å². The van der Waals surface area contributed by atoms with Crippen molar-refractivity contribution >= 4 is 23.0 Å². The number of nitrogens with one attached hydrogen (secondary N) is 1. The van der Waals surface area contributed by atoms with Crippen LogP contribution in [0.25, 0.3) is 11.2 Å². The summed E-state index contributed by atoms with van der Waals surface area (Å²) in [5, 5.41) is 3.13. The van der Waals surface area contributed by atoms with Gasteiger partial charge >= 0.3 is 0 Å². The van der Waals surface area contributed by atoms with Crippen molar-refractivity contribution < 1.29 is 4.79 Å². The average molecular weight is 338 g/mol. The maximum atomic E-state index is 12.7. The fourth-order valence-electron chi connectivity index (χ4n) is 5.20. The number of pyridine rings is 1. The van der Waals surface area contributed by atoms with E-state index in [1.54, 1.807) is 0 Å². The third-order valence-corrected chi connectivity index (χ3v) is 6.69. The van der Waals surface area contributed by atoms with Gasteiger partial charge in [0.15, 0.2) is 5.65 Å². The zero-order chi connectivity index (χ0) is 17.0. The Balaban J connectivity index is 1.39. The van der Waals surface area contributed by atoms with E-state index < -0.39 is 0 Å². The van der Waals surface area contributed by atoms with Crippen molar-refractivity contribution in [2.24, 2.45) is 17.8 Å². The Labute approximate surface area is 148 Å². The van der Waals surface area contributed by atoms with Gasteiger partial charge in [0.2, 0.25) is 11.9 Å². The molecule has 2 bridgehead atoms. The number of rotatable bonds is 4. The first-order chi connectivity index (χ1) is 12.2. The van der Waals surface area contributed by atoms with Gasteiger partial charge in [0.1, 0.15) is 5.52 Å². The van der Waals surface area contributed by atoms with Crippen molar-refractivity contribution in [1.82, 2.24) is 14.5 Å². The number of carbonyl (C=O) groups excluding carboxylic acids is 1. The Morgan fingerprint density at radius 2 is 2.16 bits per heavy atom. The van der Waals surface area contributed by atoms with E-state index in [1.165, 1.54) is 32.1 Å². The molecule has 2 heterocycles. The molecule has 0 spiro atoms. The van der Waals surface area contributed by atoms with Gasteiger partial charge in [-0.3, -0.25) is 14.7 Å². The maximum absolute atomic E-state index is 12.7. The van der Waals surface area contributed by atoms with Gasteiger partial charge in [-0.25, -0.2) is 9.97 Å². The average Bonchev–Trinajstić information content (AvgIpc) is 3.20. The smallest absolute Gasteiger partial charge is 0.226 e. The van der Waals surface area contributed by atoms with Gasteiger partial charge in [0.05, 0.1) is 0 Å². The molecule has 3 unspecified atom stereocenters. The molecule has 3 atom stereocenters. The van der Waals surface area contributed by atoms with Gasteiger partial charge < -0.3 is 0 Å². The van der Waals surface area contributed by atoms with Crippen molar-refractivity contribution in [1.29, 1.82) is 0 Å². The maximum Gasteiger partial charge on any atom is 0.226 e. The SMILES string of the molecule is Cc1cnc2c(c1)nc(NC(=O)CC1CC3CCC1C3)n2C1CCC1. The lowest BCUT2D eigenvalue weighted by atomic mass is 9.86. The molecule has 0 saturated heterocycles. The Kier molecular flexibility index (Phi) is 3.57. The summed E-state index contributed by atoms with van der Waals surface area (Å²) in [5.74, 6) is 3.08. The predicted molar refractivity (Wildman–Crippen MR) is 97.3 cm³/mol. The quantitative estimate of drug-likeness (QED) is 0.907. The molecule has 5 heteroatoms. The normalized spacial score (nSPS) is 28.4. The number of anilines is 1. The lowest BCUT2D eigenvalue weighted by molar-refractivity contribution is -0.117. The largest absolute Gasteiger partial charge is 0.296 e. The highest BCUT2D eigenvalue weighted by Gasteiger charge is 2.40. The fraction of sp³-hybridized carbons (Fsp3) is 0.650. The van der Waals surface area contributed by atoms with E-state index in [2.05, 4.69) is 20.9 Å². The summed E-state index contributed by atoms with van der Waals surface area (Å²) in [6, 6.07) is 2.49. The van der Waals surface area contributed by atoms with Crippen molar-refractivity contribution in [3.63, 3.8) is 0 Å². The van der Waals surface area contributed by atoms with E-state index in [4.69, 9.17) is 4.98 Å². The van der Waals surface area contributed by atoms with Crippen LogP contribution in [-0.2, 0) is 4.79 Å². The topological polar surface area (TPSA) is 59.8 Å². The zero-order valence-electron chi connectivity index (χ0n) is 14.9. The molecule has 2 aromatic heterocycles. The Morgan fingerprint density at radius 3 is 2.84 bits per heavy atom. The van der Waals surface area contributed by atoms with Crippen LogP contribution in [0.15, 0.2) is 12.3 Å². The molecule has 5 nitrogen and oxygen atoms in total. The molecule has 0 aromatic carbocycles. The van der Waals surface area contributed by atoms with Gasteiger partial charge in [-0.2, -0.15) is 0 Å². The number of aromatic nitrogens is 3. The molecule has 1 N–H and O–H groups in total. The summed E-state index contributed by atoms with van der Waals surface area (Å²) in [4.78, 5) is 22.0. The van der Waals surface area contributed by atoms with Crippen molar-refractivity contribution in [3.05, 3.63) is 17.8 Å². The molecule has 3 saturated carbocycles. The molecule has 132 valence electrons. The van der Waals surface area contributed by atoms with Gasteiger partial charge in [-0.05, 0) is 74.8 Å². The molecular formula is C20H26N4O.